The fourth-order valence-corrected chi connectivity index (χ4v) is 6.84. The molecule has 0 radical (unpaired) electrons. The molecular weight excluding hydrogens is 408 g/mol. The van der Waals surface area contributed by atoms with E-state index in [4.69, 9.17) is 0 Å². The topological polar surface area (TPSA) is 58.2 Å². The number of fused-ring (bicyclic) bond motifs is 4. The summed E-state index contributed by atoms with van der Waals surface area (Å²) in [4.78, 5) is 25.9. The summed E-state index contributed by atoms with van der Waals surface area (Å²) < 4.78 is 0. The molecule has 2 amide bonds. The van der Waals surface area contributed by atoms with E-state index in [0.717, 1.165) is 38.5 Å². The van der Waals surface area contributed by atoms with Crippen LogP contribution in [0.3, 0.4) is 0 Å². The lowest BCUT2D eigenvalue weighted by molar-refractivity contribution is -0.123. The van der Waals surface area contributed by atoms with Crippen molar-refractivity contribution in [2.24, 2.45) is 17.3 Å². The van der Waals surface area contributed by atoms with Crippen molar-refractivity contribution in [3.05, 3.63) is 70.8 Å². The predicted molar refractivity (Wildman–Crippen MR) is 129 cm³/mol. The molecule has 0 aliphatic heterocycles. The third-order valence-electron chi connectivity index (χ3n) is 9.05. The summed E-state index contributed by atoms with van der Waals surface area (Å²) in [6, 6.07) is 17.2. The second-order valence-corrected chi connectivity index (χ2v) is 11.7. The molecule has 2 fully saturated rings. The Morgan fingerprint density at radius 3 is 1.67 bits per heavy atom. The van der Waals surface area contributed by atoms with Crippen LogP contribution in [-0.4, -0.2) is 24.9 Å². The number of rotatable bonds is 6. The van der Waals surface area contributed by atoms with Gasteiger partial charge in [-0.2, -0.15) is 0 Å². The van der Waals surface area contributed by atoms with Crippen LogP contribution in [0.1, 0.15) is 61.8 Å². The lowest BCUT2D eigenvalue weighted by Crippen LogP contribution is -2.43. The first kappa shape index (κ1) is 20.9. The van der Waals surface area contributed by atoms with Crippen molar-refractivity contribution in [1.29, 1.82) is 0 Å². The van der Waals surface area contributed by atoms with Gasteiger partial charge in [0.2, 0.25) is 11.8 Å². The molecule has 2 aromatic carbocycles. The van der Waals surface area contributed by atoms with E-state index in [2.05, 4.69) is 73.0 Å². The molecule has 6 rings (SSSR count). The van der Waals surface area contributed by atoms with Crippen molar-refractivity contribution in [3.8, 4) is 0 Å². The fourth-order valence-electron chi connectivity index (χ4n) is 6.84. The zero-order valence-electron chi connectivity index (χ0n) is 19.7. The van der Waals surface area contributed by atoms with Crippen LogP contribution in [0, 0.1) is 17.3 Å². The average Bonchev–Trinajstić information content (AvgIpc) is 3.65. The Hall–Kier alpha value is -2.62. The van der Waals surface area contributed by atoms with E-state index in [1.54, 1.807) is 0 Å². The summed E-state index contributed by atoms with van der Waals surface area (Å²) in [5.41, 5.74) is 5.59. The highest BCUT2D eigenvalue weighted by Gasteiger charge is 2.62. The minimum Gasteiger partial charge on any atom is -0.355 e. The van der Waals surface area contributed by atoms with Crippen molar-refractivity contribution < 1.29 is 9.59 Å². The minimum absolute atomic E-state index is 0.0803. The van der Waals surface area contributed by atoms with Crippen LogP contribution in [0.15, 0.2) is 48.5 Å². The molecule has 0 bridgehead atoms. The number of benzene rings is 2. The molecule has 2 aromatic rings. The summed E-state index contributed by atoms with van der Waals surface area (Å²) in [6.07, 6.45) is 6.30. The summed E-state index contributed by atoms with van der Waals surface area (Å²) in [5, 5.41) is 6.41. The van der Waals surface area contributed by atoms with Gasteiger partial charge in [-0.1, -0.05) is 62.4 Å². The summed E-state index contributed by atoms with van der Waals surface area (Å²) >= 11 is 0. The molecule has 33 heavy (non-hydrogen) atoms. The van der Waals surface area contributed by atoms with Gasteiger partial charge < -0.3 is 10.6 Å². The lowest BCUT2D eigenvalue weighted by atomic mass is 9.92. The van der Waals surface area contributed by atoms with E-state index >= 15 is 0 Å². The van der Waals surface area contributed by atoms with E-state index in [9.17, 15) is 9.59 Å². The van der Waals surface area contributed by atoms with Gasteiger partial charge in [0.25, 0.3) is 0 Å². The number of hydrogen-bond acceptors (Lipinski definition) is 2. The molecule has 2 spiro atoms. The zero-order chi connectivity index (χ0) is 22.8. The molecule has 4 aliphatic carbocycles. The maximum Gasteiger partial charge on any atom is 0.224 e. The molecule has 4 nitrogen and oxygen atoms in total. The van der Waals surface area contributed by atoms with Crippen molar-refractivity contribution in [1.82, 2.24) is 10.6 Å². The normalized spacial score (nSPS) is 30.7. The Kier molecular flexibility index (Phi) is 4.56. The van der Waals surface area contributed by atoms with Gasteiger partial charge in [0.1, 0.15) is 0 Å². The third kappa shape index (κ3) is 3.33. The summed E-state index contributed by atoms with van der Waals surface area (Å²) in [6.45, 7) is 5.40. The van der Waals surface area contributed by atoms with Crippen molar-refractivity contribution in [3.63, 3.8) is 0 Å². The van der Waals surface area contributed by atoms with Crippen molar-refractivity contribution in [2.45, 2.75) is 63.2 Å². The standard InChI is InChI=1S/C29H34N2O2/c1-27(2,17-30-25(32)23-15-28(23)13-11-19-7-3-5-9-21(19)28)18-31-26(33)24-16-29(24)14-12-20-8-4-6-10-22(20)29/h3-10,23-24H,11-18H2,1-2H3,(H,30,32)(H,31,33). The monoisotopic (exact) mass is 442 g/mol. The fraction of sp³-hybridized carbons (Fsp3) is 0.517. The van der Waals surface area contributed by atoms with Gasteiger partial charge in [-0.05, 0) is 66.2 Å². The average molecular weight is 443 g/mol. The number of hydrogen-bond donors (Lipinski definition) is 2. The molecule has 172 valence electrons. The van der Waals surface area contributed by atoms with Gasteiger partial charge in [-0.25, -0.2) is 0 Å². The van der Waals surface area contributed by atoms with Crippen LogP contribution < -0.4 is 10.6 Å². The Bertz CT molecular complexity index is 1050. The first-order chi connectivity index (χ1) is 15.8. The first-order valence-corrected chi connectivity index (χ1v) is 12.6. The van der Waals surface area contributed by atoms with Gasteiger partial charge in [-0.3, -0.25) is 9.59 Å². The molecule has 4 unspecified atom stereocenters. The van der Waals surface area contributed by atoms with Crippen LogP contribution in [0.25, 0.3) is 0 Å². The van der Waals surface area contributed by atoms with Gasteiger partial charge in [0, 0.05) is 35.8 Å². The van der Waals surface area contributed by atoms with Gasteiger partial charge in [-0.15, -0.1) is 0 Å². The zero-order valence-corrected chi connectivity index (χ0v) is 19.7. The predicted octanol–water partition coefficient (Wildman–Crippen LogP) is 4.05. The smallest absolute Gasteiger partial charge is 0.224 e. The Balaban J connectivity index is 1.01. The van der Waals surface area contributed by atoms with E-state index in [-0.39, 0.29) is 39.9 Å². The van der Waals surface area contributed by atoms with Gasteiger partial charge in [0.05, 0.1) is 0 Å². The summed E-state index contributed by atoms with van der Waals surface area (Å²) in [7, 11) is 0. The summed E-state index contributed by atoms with van der Waals surface area (Å²) in [5.74, 6) is 0.547. The molecule has 0 aromatic heterocycles. The first-order valence-electron chi connectivity index (χ1n) is 12.6. The Labute approximate surface area is 196 Å². The maximum absolute atomic E-state index is 13.0. The van der Waals surface area contributed by atoms with Crippen LogP contribution in [0.4, 0.5) is 0 Å². The second-order valence-electron chi connectivity index (χ2n) is 11.7. The molecule has 4 atom stereocenters. The molecule has 2 N–H and O–H groups in total. The van der Waals surface area contributed by atoms with E-state index < -0.39 is 0 Å². The van der Waals surface area contributed by atoms with Crippen molar-refractivity contribution >= 4 is 11.8 Å². The maximum atomic E-state index is 13.0. The Morgan fingerprint density at radius 1 is 0.788 bits per heavy atom. The highest BCUT2D eigenvalue weighted by Crippen LogP contribution is 2.62. The third-order valence-corrected chi connectivity index (χ3v) is 9.05. The SMILES string of the molecule is CC(C)(CNC(=O)C1CC12CCc1ccccc12)CNC(=O)C1CC12CCc1ccccc12. The molecule has 0 heterocycles. The van der Waals surface area contributed by atoms with E-state index in [1.807, 2.05) is 0 Å². The number of aryl methyl sites for hydroxylation is 2. The van der Waals surface area contributed by atoms with Crippen LogP contribution in [-0.2, 0) is 33.3 Å². The molecular formula is C29H34N2O2. The lowest BCUT2D eigenvalue weighted by Gasteiger charge is -2.26. The van der Waals surface area contributed by atoms with E-state index in [1.165, 1.54) is 22.3 Å². The quantitative estimate of drug-likeness (QED) is 0.709. The van der Waals surface area contributed by atoms with E-state index in [0.29, 0.717) is 13.1 Å². The highest BCUT2D eigenvalue weighted by molar-refractivity contribution is 5.86. The number of carbonyl (C=O) groups is 2. The number of carbonyl (C=O) groups excluding carboxylic acids is 2. The van der Waals surface area contributed by atoms with Gasteiger partial charge in [0.15, 0.2) is 0 Å². The molecule has 0 saturated heterocycles. The molecule has 4 heteroatoms. The number of nitrogens with one attached hydrogen (secondary N) is 2. The highest BCUT2D eigenvalue weighted by atomic mass is 16.2. The Morgan fingerprint density at radius 2 is 1.21 bits per heavy atom. The largest absolute Gasteiger partial charge is 0.355 e. The minimum atomic E-state index is -0.184. The second kappa shape index (κ2) is 7.19. The molecule has 4 aliphatic rings. The van der Waals surface area contributed by atoms with Crippen LogP contribution in [0.5, 0.6) is 0 Å². The number of amides is 2. The molecule has 2 saturated carbocycles. The van der Waals surface area contributed by atoms with Crippen LogP contribution in [0.2, 0.25) is 0 Å². The van der Waals surface area contributed by atoms with Gasteiger partial charge >= 0.3 is 0 Å². The van der Waals surface area contributed by atoms with Crippen LogP contribution >= 0.6 is 0 Å². The van der Waals surface area contributed by atoms with Crippen molar-refractivity contribution in [2.75, 3.05) is 13.1 Å².